The van der Waals surface area contributed by atoms with Gasteiger partial charge in [-0.2, -0.15) is 13.2 Å². The number of methoxy groups -OCH3 is 1. The quantitative estimate of drug-likeness (QED) is 0.892. The molecular formula is C13H12F3NO. The van der Waals surface area contributed by atoms with Gasteiger partial charge in [0.15, 0.2) is 0 Å². The fourth-order valence-electron chi connectivity index (χ4n) is 1.94. The number of fused-ring (bicyclic) bond motifs is 1. The first kappa shape index (κ1) is 12.7. The molecule has 0 unspecified atom stereocenters. The van der Waals surface area contributed by atoms with Crippen LogP contribution in [0.4, 0.5) is 13.2 Å². The zero-order valence-corrected chi connectivity index (χ0v) is 9.66. The highest BCUT2D eigenvalue weighted by atomic mass is 19.4. The van der Waals surface area contributed by atoms with Crippen LogP contribution < -0.4 is 10.5 Å². The van der Waals surface area contributed by atoms with E-state index in [1.54, 1.807) is 30.3 Å². The highest BCUT2D eigenvalue weighted by Gasteiger charge is 2.38. The van der Waals surface area contributed by atoms with Crippen LogP contribution >= 0.6 is 0 Å². The summed E-state index contributed by atoms with van der Waals surface area (Å²) in [7, 11) is 1.42. The summed E-state index contributed by atoms with van der Waals surface area (Å²) >= 11 is 0. The van der Waals surface area contributed by atoms with E-state index in [-0.39, 0.29) is 5.56 Å². The van der Waals surface area contributed by atoms with Crippen LogP contribution in [-0.4, -0.2) is 13.3 Å². The van der Waals surface area contributed by atoms with Crippen LogP contribution in [0.2, 0.25) is 0 Å². The first-order chi connectivity index (χ1) is 8.45. The monoisotopic (exact) mass is 255 g/mol. The molecule has 0 fully saturated rings. The maximum absolute atomic E-state index is 12.7. The Labute approximate surface area is 102 Å². The van der Waals surface area contributed by atoms with Gasteiger partial charge in [-0.1, -0.05) is 30.3 Å². The van der Waals surface area contributed by atoms with Crippen LogP contribution in [0, 0.1) is 0 Å². The minimum Gasteiger partial charge on any atom is -0.496 e. The molecule has 0 aliphatic carbocycles. The third kappa shape index (κ3) is 2.13. The van der Waals surface area contributed by atoms with Gasteiger partial charge < -0.3 is 10.5 Å². The lowest BCUT2D eigenvalue weighted by molar-refractivity contribution is -0.148. The number of hydrogen-bond donors (Lipinski definition) is 1. The van der Waals surface area contributed by atoms with E-state index in [0.717, 1.165) is 0 Å². The molecule has 2 rings (SSSR count). The number of halogens is 3. The zero-order chi connectivity index (χ0) is 13.3. The van der Waals surface area contributed by atoms with E-state index in [9.17, 15) is 13.2 Å². The average Bonchev–Trinajstić information content (AvgIpc) is 2.35. The second kappa shape index (κ2) is 4.49. The lowest BCUT2D eigenvalue weighted by atomic mass is 9.98. The Balaban J connectivity index is 2.71. The molecular weight excluding hydrogens is 243 g/mol. The third-order valence-electron chi connectivity index (χ3n) is 2.81. The van der Waals surface area contributed by atoms with Crippen molar-refractivity contribution in [2.45, 2.75) is 12.2 Å². The summed E-state index contributed by atoms with van der Waals surface area (Å²) in [6.45, 7) is 0. The standard InChI is InChI=1S/C13H12F3NO/c1-18-10-7-3-5-8-4-2-6-9(11(8)10)12(17)13(14,15)16/h2-7,12H,17H2,1H3/t12-/m0/s1. The predicted octanol–water partition coefficient (Wildman–Crippen LogP) is 3.41. The summed E-state index contributed by atoms with van der Waals surface area (Å²) in [5.41, 5.74) is 5.31. The molecule has 0 aromatic heterocycles. The first-order valence-electron chi connectivity index (χ1n) is 5.33. The van der Waals surface area contributed by atoms with Gasteiger partial charge in [0.05, 0.1) is 7.11 Å². The van der Waals surface area contributed by atoms with Crippen molar-refractivity contribution in [2.75, 3.05) is 7.11 Å². The molecule has 2 N–H and O–H groups in total. The van der Waals surface area contributed by atoms with Crippen molar-refractivity contribution in [1.82, 2.24) is 0 Å². The van der Waals surface area contributed by atoms with Crippen molar-refractivity contribution in [3.8, 4) is 5.75 Å². The molecule has 2 aromatic rings. The molecule has 0 heterocycles. The number of benzene rings is 2. The van der Waals surface area contributed by atoms with Crippen LogP contribution in [0.5, 0.6) is 5.75 Å². The SMILES string of the molecule is COc1cccc2cccc([C@H](N)C(F)(F)F)c12. The van der Waals surface area contributed by atoms with E-state index in [2.05, 4.69) is 0 Å². The number of rotatable bonds is 2. The Morgan fingerprint density at radius 1 is 1.11 bits per heavy atom. The molecule has 5 heteroatoms. The molecule has 96 valence electrons. The van der Waals surface area contributed by atoms with Gasteiger partial charge in [0, 0.05) is 5.39 Å². The lowest BCUT2D eigenvalue weighted by Gasteiger charge is -2.19. The van der Waals surface area contributed by atoms with E-state index in [0.29, 0.717) is 16.5 Å². The van der Waals surface area contributed by atoms with Crippen molar-refractivity contribution in [3.63, 3.8) is 0 Å². The second-order valence-electron chi connectivity index (χ2n) is 3.92. The Bertz CT molecular complexity index is 560. The van der Waals surface area contributed by atoms with Crippen LogP contribution in [0.25, 0.3) is 10.8 Å². The van der Waals surface area contributed by atoms with E-state index >= 15 is 0 Å². The minimum atomic E-state index is -4.48. The van der Waals surface area contributed by atoms with E-state index in [1.807, 2.05) is 0 Å². The van der Waals surface area contributed by atoms with Gasteiger partial charge in [0.1, 0.15) is 11.8 Å². The number of ether oxygens (including phenoxy) is 1. The van der Waals surface area contributed by atoms with Crippen molar-refractivity contribution in [3.05, 3.63) is 42.0 Å². The largest absolute Gasteiger partial charge is 0.496 e. The van der Waals surface area contributed by atoms with E-state index < -0.39 is 12.2 Å². The molecule has 0 amide bonds. The van der Waals surface area contributed by atoms with Crippen LogP contribution in [0.1, 0.15) is 11.6 Å². The molecule has 0 bridgehead atoms. The fraction of sp³-hybridized carbons (Fsp3) is 0.231. The number of alkyl halides is 3. The summed E-state index contributed by atoms with van der Waals surface area (Å²) in [4.78, 5) is 0. The molecule has 0 spiro atoms. The summed E-state index contributed by atoms with van der Waals surface area (Å²) < 4.78 is 43.3. The van der Waals surface area contributed by atoms with Crippen LogP contribution in [-0.2, 0) is 0 Å². The Morgan fingerprint density at radius 3 is 2.28 bits per heavy atom. The maximum atomic E-state index is 12.7. The molecule has 0 aliphatic heterocycles. The van der Waals surface area contributed by atoms with Crippen LogP contribution in [0.15, 0.2) is 36.4 Å². The van der Waals surface area contributed by atoms with Gasteiger partial charge in [-0.05, 0) is 17.0 Å². The molecule has 0 saturated carbocycles. The van der Waals surface area contributed by atoms with Gasteiger partial charge in [0.25, 0.3) is 0 Å². The minimum absolute atomic E-state index is 0.0254. The zero-order valence-electron chi connectivity index (χ0n) is 9.66. The van der Waals surface area contributed by atoms with Gasteiger partial charge in [-0.15, -0.1) is 0 Å². The van der Waals surface area contributed by atoms with E-state index in [1.165, 1.54) is 13.2 Å². The molecule has 0 aliphatic rings. The normalized spacial score (nSPS) is 13.6. The maximum Gasteiger partial charge on any atom is 0.407 e. The molecule has 0 radical (unpaired) electrons. The van der Waals surface area contributed by atoms with Gasteiger partial charge in [-0.3, -0.25) is 0 Å². The molecule has 2 nitrogen and oxygen atoms in total. The van der Waals surface area contributed by atoms with Crippen LogP contribution in [0.3, 0.4) is 0 Å². The predicted molar refractivity (Wildman–Crippen MR) is 63.5 cm³/mol. The Morgan fingerprint density at radius 2 is 1.72 bits per heavy atom. The summed E-state index contributed by atoms with van der Waals surface area (Å²) in [5, 5.41) is 1.08. The average molecular weight is 255 g/mol. The number of hydrogen-bond acceptors (Lipinski definition) is 2. The van der Waals surface area contributed by atoms with Crippen molar-refractivity contribution in [1.29, 1.82) is 0 Å². The van der Waals surface area contributed by atoms with Crippen molar-refractivity contribution >= 4 is 10.8 Å². The molecule has 1 atom stereocenters. The highest BCUT2D eigenvalue weighted by Crippen LogP contribution is 2.37. The summed E-state index contributed by atoms with van der Waals surface area (Å²) in [5.74, 6) is 0.391. The van der Waals surface area contributed by atoms with Crippen molar-refractivity contribution < 1.29 is 17.9 Å². The summed E-state index contributed by atoms with van der Waals surface area (Å²) in [6.07, 6.45) is -4.48. The van der Waals surface area contributed by atoms with Gasteiger partial charge >= 0.3 is 6.18 Å². The topological polar surface area (TPSA) is 35.2 Å². The second-order valence-corrected chi connectivity index (χ2v) is 3.92. The molecule has 2 aromatic carbocycles. The highest BCUT2D eigenvalue weighted by molar-refractivity contribution is 5.91. The van der Waals surface area contributed by atoms with Crippen molar-refractivity contribution in [2.24, 2.45) is 5.73 Å². The smallest absolute Gasteiger partial charge is 0.407 e. The Hall–Kier alpha value is -1.75. The molecule has 0 saturated heterocycles. The van der Waals surface area contributed by atoms with Gasteiger partial charge in [-0.25, -0.2) is 0 Å². The van der Waals surface area contributed by atoms with Gasteiger partial charge in [0.2, 0.25) is 0 Å². The fourth-order valence-corrected chi connectivity index (χ4v) is 1.94. The first-order valence-corrected chi connectivity index (χ1v) is 5.33. The van der Waals surface area contributed by atoms with E-state index in [4.69, 9.17) is 10.5 Å². The third-order valence-corrected chi connectivity index (χ3v) is 2.81. The Kier molecular flexibility index (Phi) is 3.17. The molecule has 18 heavy (non-hydrogen) atoms. The summed E-state index contributed by atoms with van der Waals surface area (Å²) in [6, 6.07) is 7.72. The number of nitrogens with two attached hydrogens (primary N) is 1. The lowest BCUT2D eigenvalue weighted by Crippen LogP contribution is -2.28.